The monoisotopic (exact) mass is 453 g/mol. The van der Waals surface area contributed by atoms with Crippen molar-refractivity contribution in [1.82, 2.24) is 9.66 Å². The minimum absolute atomic E-state index is 0.139. The number of nitrogens with zero attached hydrogens (tertiary/aromatic N) is 3. The molecule has 6 nitrogen and oxygen atoms in total. The number of hydrogen-bond donors (Lipinski definition) is 0. The van der Waals surface area contributed by atoms with Crippen molar-refractivity contribution in [3.8, 4) is 11.5 Å². The molecule has 172 valence electrons. The van der Waals surface area contributed by atoms with Crippen LogP contribution in [0, 0.1) is 0 Å². The van der Waals surface area contributed by atoms with E-state index < -0.39 is 5.41 Å². The number of hydrogen-bond acceptors (Lipinski definition) is 5. The first kappa shape index (κ1) is 21.9. The third-order valence-corrected chi connectivity index (χ3v) is 6.75. The van der Waals surface area contributed by atoms with Crippen LogP contribution in [0.25, 0.3) is 10.9 Å². The Morgan fingerprint density at radius 1 is 0.912 bits per heavy atom. The van der Waals surface area contributed by atoms with Gasteiger partial charge in [-0.15, -0.1) is 0 Å². The normalized spacial score (nSPS) is 15.8. The third kappa shape index (κ3) is 3.46. The Kier molecular flexibility index (Phi) is 5.65. The number of benzene rings is 3. The Labute approximate surface area is 198 Å². The Hall–Kier alpha value is -3.93. The highest BCUT2D eigenvalue weighted by Crippen LogP contribution is 2.47. The molecule has 0 aliphatic heterocycles. The van der Waals surface area contributed by atoms with Crippen molar-refractivity contribution < 1.29 is 9.47 Å². The van der Waals surface area contributed by atoms with Crippen molar-refractivity contribution in [2.45, 2.75) is 31.6 Å². The summed E-state index contributed by atoms with van der Waals surface area (Å²) in [6.45, 7) is 1.99. The molecule has 0 spiro atoms. The summed E-state index contributed by atoms with van der Waals surface area (Å²) in [4.78, 5) is 18.1. The second kappa shape index (κ2) is 8.78. The average Bonchev–Trinajstić information content (AvgIpc) is 2.88. The summed E-state index contributed by atoms with van der Waals surface area (Å²) in [6.07, 6.45) is 2.29. The number of methoxy groups -OCH3 is 2. The quantitative estimate of drug-likeness (QED) is 0.414. The van der Waals surface area contributed by atoms with Gasteiger partial charge in [0.25, 0.3) is 5.56 Å². The topological polar surface area (TPSA) is 65.7 Å². The van der Waals surface area contributed by atoms with Gasteiger partial charge >= 0.3 is 0 Å². The average molecular weight is 454 g/mol. The highest BCUT2D eigenvalue weighted by atomic mass is 16.5. The fourth-order valence-corrected chi connectivity index (χ4v) is 4.78. The standard InChI is InChI=1S/C28H27N3O3/c1-4-26-29-24-8-6-5-7-23(24)27(32)31(26)30-25-17-18-28(25,19-9-13-21(33-2)14-10-19)20-11-15-22(34-3)16-12-20/h5-16H,4,17-18H2,1-3H3/b30-25+. The Balaban J connectivity index is 1.71. The fraction of sp³-hybridized carbons (Fsp3) is 0.250. The van der Waals surface area contributed by atoms with Gasteiger partial charge in [-0.3, -0.25) is 4.79 Å². The summed E-state index contributed by atoms with van der Waals surface area (Å²) >= 11 is 0. The maximum Gasteiger partial charge on any atom is 0.282 e. The number of ether oxygens (including phenoxy) is 2. The van der Waals surface area contributed by atoms with Crippen LogP contribution in [0.4, 0.5) is 0 Å². The summed E-state index contributed by atoms with van der Waals surface area (Å²) in [5.74, 6) is 2.26. The van der Waals surface area contributed by atoms with Gasteiger partial charge in [0.1, 0.15) is 17.3 Å². The maximum atomic E-state index is 13.4. The van der Waals surface area contributed by atoms with E-state index in [1.165, 1.54) is 4.68 Å². The SMILES string of the molecule is CCc1nc2ccccc2c(=O)n1/N=C1\CCC1(c1ccc(OC)cc1)c1ccc(OC)cc1. The summed E-state index contributed by atoms with van der Waals surface area (Å²) in [6, 6.07) is 23.6. The molecule has 1 saturated carbocycles. The number of aromatic nitrogens is 2. The second-order valence-electron chi connectivity index (χ2n) is 8.42. The van der Waals surface area contributed by atoms with Crippen molar-refractivity contribution in [3.63, 3.8) is 0 Å². The lowest BCUT2D eigenvalue weighted by atomic mass is 9.59. The van der Waals surface area contributed by atoms with E-state index in [4.69, 9.17) is 19.6 Å². The smallest absolute Gasteiger partial charge is 0.282 e. The largest absolute Gasteiger partial charge is 0.497 e. The highest BCUT2D eigenvalue weighted by Gasteiger charge is 2.47. The first-order chi connectivity index (χ1) is 16.6. The van der Waals surface area contributed by atoms with Crippen LogP contribution >= 0.6 is 0 Å². The van der Waals surface area contributed by atoms with E-state index in [0.29, 0.717) is 23.1 Å². The predicted molar refractivity (Wildman–Crippen MR) is 134 cm³/mol. The first-order valence-electron chi connectivity index (χ1n) is 11.5. The molecule has 1 heterocycles. The minimum atomic E-state index is -0.436. The van der Waals surface area contributed by atoms with Crippen LogP contribution in [0.3, 0.4) is 0 Å². The summed E-state index contributed by atoms with van der Waals surface area (Å²) in [5.41, 5.74) is 3.30. The lowest BCUT2D eigenvalue weighted by Crippen LogP contribution is -2.47. The van der Waals surface area contributed by atoms with Crippen molar-refractivity contribution in [3.05, 3.63) is 100 Å². The highest BCUT2D eigenvalue weighted by molar-refractivity contribution is 6.03. The molecule has 1 aliphatic carbocycles. The molecule has 5 rings (SSSR count). The molecule has 0 N–H and O–H groups in total. The lowest BCUT2D eigenvalue weighted by Gasteiger charge is -2.44. The van der Waals surface area contributed by atoms with Crippen LogP contribution in [0.1, 0.15) is 36.7 Å². The van der Waals surface area contributed by atoms with Gasteiger partial charge in [0.15, 0.2) is 0 Å². The Morgan fingerprint density at radius 2 is 1.50 bits per heavy atom. The summed E-state index contributed by atoms with van der Waals surface area (Å²) in [7, 11) is 3.33. The zero-order valence-electron chi connectivity index (χ0n) is 19.6. The lowest BCUT2D eigenvalue weighted by molar-refractivity contribution is 0.413. The molecular formula is C28H27N3O3. The number of rotatable bonds is 6. The van der Waals surface area contributed by atoms with Crippen LogP contribution in [-0.2, 0) is 11.8 Å². The van der Waals surface area contributed by atoms with Gasteiger partial charge in [-0.1, -0.05) is 43.3 Å². The number of para-hydroxylation sites is 1. The Morgan fingerprint density at radius 3 is 2.00 bits per heavy atom. The summed E-state index contributed by atoms with van der Waals surface area (Å²) < 4.78 is 12.3. The van der Waals surface area contributed by atoms with Gasteiger partial charge < -0.3 is 9.47 Å². The van der Waals surface area contributed by atoms with Crippen LogP contribution in [-0.4, -0.2) is 29.6 Å². The molecule has 0 saturated heterocycles. The van der Waals surface area contributed by atoms with E-state index in [-0.39, 0.29) is 5.56 Å². The van der Waals surface area contributed by atoms with E-state index in [2.05, 4.69) is 24.3 Å². The number of fused-ring (bicyclic) bond motifs is 1. The van der Waals surface area contributed by atoms with Crippen LogP contribution in [0.5, 0.6) is 11.5 Å². The molecule has 6 heteroatoms. The molecule has 1 fully saturated rings. The molecule has 0 unspecified atom stereocenters. The van der Waals surface area contributed by atoms with Crippen molar-refractivity contribution >= 4 is 16.6 Å². The van der Waals surface area contributed by atoms with E-state index in [0.717, 1.165) is 41.2 Å². The van der Waals surface area contributed by atoms with E-state index >= 15 is 0 Å². The zero-order valence-corrected chi connectivity index (χ0v) is 19.6. The van der Waals surface area contributed by atoms with Gasteiger partial charge in [0, 0.05) is 6.42 Å². The number of aryl methyl sites for hydroxylation is 1. The van der Waals surface area contributed by atoms with E-state index in [1.54, 1.807) is 14.2 Å². The summed E-state index contributed by atoms with van der Waals surface area (Å²) in [5, 5.41) is 5.54. The van der Waals surface area contributed by atoms with Gasteiger partial charge in [-0.2, -0.15) is 9.78 Å². The van der Waals surface area contributed by atoms with Crippen molar-refractivity contribution in [2.24, 2.45) is 5.10 Å². The van der Waals surface area contributed by atoms with Crippen molar-refractivity contribution in [2.75, 3.05) is 14.2 Å². The van der Waals surface area contributed by atoms with Crippen LogP contribution < -0.4 is 15.0 Å². The maximum absolute atomic E-state index is 13.4. The Bertz CT molecular complexity index is 1370. The van der Waals surface area contributed by atoms with Crippen molar-refractivity contribution in [1.29, 1.82) is 0 Å². The molecule has 4 aromatic rings. The minimum Gasteiger partial charge on any atom is -0.497 e. The van der Waals surface area contributed by atoms with E-state index in [1.807, 2.05) is 55.5 Å². The fourth-order valence-electron chi connectivity index (χ4n) is 4.78. The molecule has 0 bridgehead atoms. The van der Waals surface area contributed by atoms with Gasteiger partial charge in [-0.25, -0.2) is 4.98 Å². The third-order valence-electron chi connectivity index (χ3n) is 6.75. The molecule has 0 atom stereocenters. The van der Waals surface area contributed by atoms with Crippen LogP contribution in [0.15, 0.2) is 82.7 Å². The molecular weight excluding hydrogens is 426 g/mol. The molecule has 1 aliphatic rings. The molecule has 0 amide bonds. The molecule has 34 heavy (non-hydrogen) atoms. The molecule has 3 aromatic carbocycles. The van der Waals surface area contributed by atoms with Gasteiger partial charge in [0.2, 0.25) is 0 Å². The zero-order chi connectivity index (χ0) is 23.7. The van der Waals surface area contributed by atoms with Gasteiger partial charge in [0.05, 0.1) is 36.2 Å². The first-order valence-corrected chi connectivity index (χ1v) is 11.5. The molecule has 1 aromatic heterocycles. The van der Waals surface area contributed by atoms with E-state index in [9.17, 15) is 4.79 Å². The van der Waals surface area contributed by atoms with Crippen LogP contribution in [0.2, 0.25) is 0 Å². The predicted octanol–water partition coefficient (Wildman–Crippen LogP) is 4.96. The van der Waals surface area contributed by atoms with Gasteiger partial charge in [-0.05, 0) is 60.4 Å². The second-order valence-corrected chi connectivity index (χ2v) is 8.42. The molecule has 0 radical (unpaired) electrons.